The van der Waals surface area contributed by atoms with E-state index in [1.165, 1.54) is 11.1 Å². The Morgan fingerprint density at radius 2 is 2.11 bits per heavy atom. The molecule has 0 radical (unpaired) electrons. The highest BCUT2D eigenvalue weighted by Crippen LogP contribution is 2.22. The van der Waals surface area contributed by atoms with Gasteiger partial charge in [0.25, 0.3) is 0 Å². The highest BCUT2D eigenvalue weighted by molar-refractivity contribution is 5.72. The summed E-state index contributed by atoms with van der Waals surface area (Å²) in [7, 11) is 0. The average molecular weight is 249 g/mol. The number of carboxylic acids is 1. The van der Waals surface area contributed by atoms with Crippen LogP contribution in [0.3, 0.4) is 0 Å². The van der Waals surface area contributed by atoms with E-state index >= 15 is 0 Å². The zero-order valence-electron chi connectivity index (χ0n) is 10.8. The third-order valence-corrected chi connectivity index (χ3v) is 3.48. The van der Waals surface area contributed by atoms with Crippen molar-refractivity contribution in [1.29, 1.82) is 0 Å². The topological polar surface area (TPSA) is 49.8 Å². The summed E-state index contributed by atoms with van der Waals surface area (Å²) in [6.45, 7) is 5.87. The van der Waals surface area contributed by atoms with Gasteiger partial charge in [-0.1, -0.05) is 29.8 Å². The second kappa shape index (κ2) is 5.50. The quantitative estimate of drug-likeness (QED) is 0.888. The van der Waals surface area contributed by atoms with Crippen LogP contribution in [0.4, 0.5) is 0 Å². The smallest absolute Gasteiger partial charge is 0.334 e. The molecule has 2 atom stereocenters. The van der Waals surface area contributed by atoms with Crippen LogP contribution in [-0.2, 0) is 9.53 Å². The summed E-state index contributed by atoms with van der Waals surface area (Å²) < 4.78 is 5.23. The molecule has 0 saturated carbocycles. The van der Waals surface area contributed by atoms with Crippen LogP contribution >= 0.6 is 0 Å². The second-order valence-electron chi connectivity index (χ2n) is 4.78. The van der Waals surface area contributed by atoms with Crippen molar-refractivity contribution < 1.29 is 14.6 Å². The fraction of sp³-hybridized carbons (Fsp3) is 0.500. The van der Waals surface area contributed by atoms with Crippen LogP contribution in [-0.4, -0.2) is 41.8 Å². The number of benzene rings is 1. The predicted octanol–water partition coefficient (Wildman–Crippen LogP) is 1.84. The van der Waals surface area contributed by atoms with Gasteiger partial charge in [-0.3, -0.25) is 4.90 Å². The van der Waals surface area contributed by atoms with E-state index in [9.17, 15) is 4.79 Å². The molecular formula is C14H19NO3. The Bertz CT molecular complexity index is 416. The van der Waals surface area contributed by atoms with Crippen LogP contribution in [0.15, 0.2) is 24.3 Å². The fourth-order valence-electron chi connectivity index (χ4n) is 2.23. The highest BCUT2D eigenvalue weighted by Gasteiger charge is 2.29. The number of carbonyl (C=O) groups is 1. The maximum atomic E-state index is 11.0. The van der Waals surface area contributed by atoms with E-state index in [1.807, 2.05) is 0 Å². The lowest BCUT2D eigenvalue weighted by Crippen LogP contribution is -2.46. The van der Waals surface area contributed by atoms with Gasteiger partial charge in [-0.25, -0.2) is 4.79 Å². The zero-order valence-corrected chi connectivity index (χ0v) is 10.8. The van der Waals surface area contributed by atoms with Crippen LogP contribution < -0.4 is 0 Å². The first-order valence-electron chi connectivity index (χ1n) is 6.23. The number of carboxylic acid groups (broad SMARTS) is 1. The molecule has 4 heteroatoms. The number of aliphatic carboxylic acids is 1. The molecule has 18 heavy (non-hydrogen) atoms. The molecule has 1 aliphatic rings. The molecule has 1 fully saturated rings. The summed E-state index contributed by atoms with van der Waals surface area (Å²) in [6, 6.07) is 8.59. The molecule has 1 heterocycles. The Hall–Kier alpha value is -1.39. The Labute approximate surface area is 107 Å². The summed E-state index contributed by atoms with van der Waals surface area (Å²) in [6.07, 6.45) is -0.702. The van der Waals surface area contributed by atoms with Crippen molar-refractivity contribution in [3.05, 3.63) is 35.4 Å². The van der Waals surface area contributed by atoms with Gasteiger partial charge in [-0.2, -0.15) is 0 Å². The minimum atomic E-state index is -0.879. The molecule has 98 valence electrons. The number of aryl methyl sites for hydroxylation is 1. The Morgan fingerprint density at radius 3 is 2.72 bits per heavy atom. The van der Waals surface area contributed by atoms with Gasteiger partial charge in [0.1, 0.15) is 0 Å². The van der Waals surface area contributed by atoms with Crippen LogP contribution in [0, 0.1) is 6.92 Å². The Kier molecular flexibility index (Phi) is 3.99. The molecule has 2 unspecified atom stereocenters. The molecule has 0 bridgehead atoms. The molecular weight excluding hydrogens is 230 g/mol. The molecule has 1 aliphatic heterocycles. The summed E-state index contributed by atoms with van der Waals surface area (Å²) in [5.41, 5.74) is 2.45. The average Bonchev–Trinajstić information content (AvgIpc) is 2.39. The zero-order chi connectivity index (χ0) is 13.1. The summed E-state index contributed by atoms with van der Waals surface area (Å²) in [5, 5.41) is 8.99. The predicted molar refractivity (Wildman–Crippen MR) is 68.5 cm³/mol. The van der Waals surface area contributed by atoms with Crippen molar-refractivity contribution in [2.45, 2.75) is 26.0 Å². The maximum absolute atomic E-state index is 11.0. The fourth-order valence-corrected chi connectivity index (χ4v) is 2.23. The first-order chi connectivity index (χ1) is 8.58. The molecule has 2 rings (SSSR count). The number of rotatable bonds is 3. The van der Waals surface area contributed by atoms with Gasteiger partial charge in [-0.15, -0.1) is 0 Å². The minimum Gasteiger partial charge on any atom is -0.479 e. The molecule has 1 saturated heterocycles. The normalized spacial score (nSPS) is 22.7. The largest absolute Gasteiger partial charge is 0.479 e. The molecule has 4 nitrogen and oxygen atoms in total. The van der Waals surface area contributed by atoms with E-state index in [0.717, 1.165) is 6.54 Å². The second-order valence-corrected chi connectivity index (χ2v) is 4.78. The monoisotopic (exact) mass is 249 g/mol. The molecule has 0 amide bonds. The Balaban J connectivity index is 2.06. The number of hydrogen-bond acceptors (Lipinski definition) is 3. The lowest BCUT2D eigenvalue weighted by Gasteiger charge is -2.35. The lowest BCUT2D eigenvalue weighted by atomic mass is 10.0. The number of nitrogens with zero attached hydrogens (tertiary/aromatic N) is 1. The molecule has 0 aromatic heterocycles. The van der Waals surface area contributed by atoms with E-state index in [2.05, 4.69) is 43.0 Å². The van der Waals surface area contributed by atoms with Gasteiger partial charge in [-0.05, 0) is 19.4 Å². The standard InChI is InChI=1S/C14H19NO3/c1-10-3-5-12(6-4-10)11(2)15-7-8-18-13(9-15)14(16)17/h3-6,11,13H,7-9H2,1-2H3,(H,16,17). The third-order valence-electron chi connectivity index (χ3n) is 3.48. The molecule has 1 N–H and O–H groups in total. The van der Waals surface area contributed by atoms with Gasteiger partial charge in [0.05, 0.1) is 6.61 Å². The van der Waals surface area contributed by atoms with Crippen LogP contribution in [0.1, 0.15) is 24.1 Å². The molecule has 1 aromatic carbocycles. The van der Waals surface area contributed by atoms with Crippen molar-refractivity contribution in [1.82, 2.24) is 4.90 Å². The summed E-state index contributed by atoms with van der Waals surface area (Å²) in [5.74, 6) is -0.879. The lowest BCUT2D eigenvalue weighted by molar-refractivity contribution is -0.157. The minimum absolute atomic E-state index is 0.219. The van der Waals surface area contributed by atoms with E-state index in [1.54, 1.807) is 0 Å². The summed E-state index contributed by atoms with van der Waals surface area (Å²) >= 11 is 0. The first kappa shape index (κ1) is 13.1. The maximum Gasteiger partial charge on any atom is 0.334 e. The van der Waals surface area contributed by atoms with Gasteiger partial charge < -0.3 is 9.84 Å². The van der Waals surface area contributed by atoms with Crippen molar-refractivity contribution >= 4 is 5.97 Å². The van der Waals surface area contributed by atoms with Gasteiger partial charge >= 0.3 is 5.97 Å². The molecule has 0 spiro atoms. The summed E-state index contributed by atoms with van der Waals surface area (Å²) in [4.78, 5) is 13.1. The van der Waals surface area contributed by atoms with Crippen molar-refractivity contribution in [2.24, 2.45) is 0 Å². The van der Waals surface area contributed by atoms with Crippen molar-refractivity contribution in [3.8, 4) is 0 Å². The van der Waals surface area contributed by atoms with Gasteiger partial charge in [0.2, 0.25) is 0 Å². The van der Waals surface area contributed by atoms with Crippen LogP contribution in [0.5, 0.6) is 0 Å². The highest BCUT2D eigenvalue weighted by atomic mass is 16.5. The van der Waals surface area contributed by atoms with E-state index in [-0.39, 0.29) is 6.04 Å². The Morgan fingerprint density at radius 1 is 1.44 bits per heavy atom. The van der Waals surface area contributed by atoms with Crippen LogP contribution in [0.2, 0.25) is 0 Å². The molecule has 0 aliphatic carbocycles. The SMILES string of the molecule is Cc1ccc(C(C)N2CCOC(C(=O)O)C2)cc1. The van der Waals surface area contributed by atoms with E-state index < -0.39 is 12.1 Å². The van der Waals surface area contributed by atoms with Crippen molar-refractivity contribution in [2.75, 3.05) is 19.7 Å². The van der Waals surface area contributed by atoms with Crippen molar-refractivity contribution in [3.63, 3.8) is 0 Å². The number of morpholine rings is 1. The van der Waals surface area contributed by atoms with Gasteiger partial charge in [0, 0.05) is 19.1 Å². The third kappa shape index (κ3) is 2.89. The first-order valence-corrected chi connectivity index (χ1v) is 6.23. The van der Waals surface area contributed by atoms with Crippen LogP contribution in [0.25, 0.3) is 0 Å². The van der Waals surface area contributed by atoms with E-state index in [4.69, 9.17) is 9.84 Å². The van der Waals surface area contributed by atoms with Gasteiger partial charge in [0.15, 0.2) is 6.10 Å². The van der Waals surface area contributed by atoms with E-state index in [0.29, 0.717) is 13.2 Å². The number of hydrogen-bond donors (Lipinski definition) is 1. The molecule has 1 aromatic rings. The number of ether oxygens (including phenoxy) is 1.